The normalized spacial score (nSPS) is 23.8. The second-order valence-corrected chi connectivity index (χ2v) is 4.99. The molecule has 0 aliphatic carbocycles. The van der Waals surface area contributed by atoms with Crippen molar-refractivity contribution in [3.8, 4) is 6.07 Å². The molecule has 1 heterocycles. The van der Waals surface area contributed by atoms with Crippen molar-refractivity contribution in [2.24, 2.45) is 17.8 Å². The maximum absolute atomic E-state index is 11.7. The van der Waals surface area contributed by atoms with Gasteiger partial charge in [-0.25, -0.2) is 4.79 Å². The molecule has 2 atom stereocenters. The third kappa shape index (κ3) is 3.88. The molecule has 0 N–H and O–H groups in total. The molecule has 0 aromatic rings. The van der Waals surface area contributed by atoms with Crippen LogP contribution in [0.1, 0.15) is 20.3 Å². The number of hydrogen-bond acceptors (Lipinski definition) is 4. The number of nitriles is 1. The van der Waals surface area contributed by atoms with Crippen LogP contribution in [0.3, 0.4) is 0 Å². The van der Waals surface area contributed by atoms with Gasteiger partial charge in [-0.1, -0.05) is 13.8 Å². The van der Waals surface area contributed by atoms with Crippen LogP contribution in [-0.4, -0.2) is 44.4 Å². The van der Waals surface area contributed by atoms with E-state index in [2.05, 4.69) is 19.9 Å². The number of carbonyl (C=O) groups is 1. The lowest BCUT2D eigenvalue weighted by Crippen LogP contribution is -2.45. The van der Waals surface area contributed by atoms with Crippen LogP contribution < -0.4 is 0 Å². The monoisotopic (exact) mass is 254 g/mol. The number of ether oxygens (including phenoxy) is 2. The Hall–Kier alpha value is -1.28. The van der Waals surface area contributed by atoms with Crippen molar-refractivity contribution >= 4 is 6.09 Å². The van der Waals surface area contributed by atoms with E-state index in [4.69, 9.17) is 9.47 Å². The zero-order chi connectivity index (χ0) is 13.5. The second kappa shape index (κ2) is 7.22. The third-order valence-corrected chi connectivity index (χ3v) is 3.46. The van der Waals surface area contributed by atoms with Gasteiger partial charge < -0.3 is 14.4 Å². The number of likely N-dealkylation sites (tertiary alicyclic amines) is 1. The van der Waals surface area contributed by atoms with Gasteiger partial charge in [-0.2, -0.15) is 5.26 Å². The molecule has 0 aromatic carbocycles. The third-order valence-electron chi connectivity index (χ3n) is 3.46. The van der Waals surface area contributed by atoms with Crippen LogP contribution in [0.4, 0.5) is 4.79 Å². The fraction of sp³-hybridized carbons (Fsp3) is 0.846. The molecular weight excluding hydrogens is 232 g/mol. The number of amides is 1. The lowest BCUT2D eigenvalue weighted by atomic mass is 9.79. The topological polar surface area (TPSA) is 62.6 Å². The van der Waals surface area contributed by atoms with Gasteiger partial charge in [0, 0.05) is 20.2 Å². The van der Waals surface area contributed by atoms with Crippen molar-refractivity contribution in [2.45, 2.75) is 20.3 Å². The molecule has 1 fully saturated rings. The number of piperidine rings is 1. The Balaban J connectivity index is 2.47. The molecular formula is C13H22N2O3. The van der Waals surface area contributed by atoms with Gasteiger partial charge in [0.25, 0.3) is 0 Å². The van der Waals surface area contributed by atoms with Crippen LogP contribution >= 0.6 is 0 Å². The average Bonchev–Trinajstić information content (AvgIpc) is 2.37. The number of methoxy groups -OCH3 is 1. The highest BCUT2D eigenvalue weighted by Crippen LogP contribution is 2.29. The first-order valence-corrected chi connectivity index (χ1v) is 6.40. The zero-order valence-electron chi connectivity index (χ0n) is 11.4. The molecule has 0 saturated carbocycles. The summed E-state index contributed by atoms with van der Waals surface area (Å²) in [5.41, 5.74) is 0. The maximum Gasteiger partial charge on any atom is 0.409 e. The summed E-state index contributed by atoms with van der Waals surface area (Å²) in [5.74, 6) is 0.757. The molecule has 1 aliphatic heterocycles. The number of carbonyl (C=O) groups excluding carboxylic acids is 1. The summed E-state index contributed by atoms with van der Waals surface area (Å²) in [4.78, 5) is 13.4. The fourth-order valence-corrected chi connectivity index (χ4v) is 2.37. The summed E-state index contributed by atoms with van der Waals surface area (Å²) in [6.45, 7) is 6.06. The largest absolute Gasteiger partial charge is 0.447 e. The average molecular weight is 254 g/mol. The van der Waals surface area contributed by atoms with Crippen molar-refractivity contribution in [3.63, 3.8) is 0 Å². The summed E-state index contributed by atoms with van der Waals surface area (Å²) in [6, 6.07) is 2.31. The first-order chi connectivity index (χ1) is 8.60. The number of hydrogen-bond donors (Lipinski definition) is 0. The molecule has 1 amide bonds. The highest BCUT2D eigenvalue weighted by atomic mass is 16.6. The first kappa shape index (κ1) is 14.8. The summed E-state index contributed by atoms with van der Waals surface area (Å²) in [7, 11) is 1.56. The van der Waals surface area contributed by atoms with E-state index in [0.29, 0.717) is 31.5 Å². The van der Waals surface area contributed by atoms with Gasteiger partial charge in [0.1, 0.15) is 6.61 Å². The Labute approximate surface area is 109 Å². The SMILES string of the molecule is COCCOC(=O)N1CCC(C(C)C)C(C#N)C1. The molecule has 1 rings (SSSR count). The predicted molar refractivity (Wildman–Crippen MR) is 66.8 cm³/mol. The van der Waals surface area contributed by atoms with E-state index in [1.807, 2.05) is 0 Å². The van der Waals surface area contributed by atoms with Gasteiger partial charge in [0.15, 0.2) is 0 Å². The second-order valence-electron chi connectivity index (χ2n) is 4.99. The minimum absolute atomic E-state index is 0.0891. The van der Waals surface area contributed by atoms with Gasteiger partial charge >= 0.3 is 6.09 Å². The Morgan fingerprint density at radius 1 is 1.50 bits per heavy atom. The molecule has 1 aliphatic rings. The molecule has 0 radical (unpaired) electrons. The quantitative estimate of drug-likeness (QED) is 0.719. The van der Waals surface area contributed by atoms with Crippen LogP contribution in [0, 0.1) is 29.1 Å². The Morgan fingerprint density at radius 2 is 2.22 bits per heavy atom. The maximum atomic E-state index is 11.7. The van der Waals surface area contributed by atoms with Crippen molar-refractivity contribution < 1.29 is 14.3 Å². The van der Waals surface area contributed by atoms with Crippen LogP contribution in [0.15, 0.2) is 0 Å². The van der Waals surface area contributed by atoms with Crippen molar-refractivity contribution in [3.05, 3.63) is 0 Å². The molecule has 18 heavy (non-hydrogen) atoms. The molecule has 5 nitrogen and oxygen atoms in total. The highest BCUT2D eigenvalue weighted by molar-refractivity contribution is 5.67. The van der Waals surface area contributed by atoms with E-state index in [1.54, 1.807) is 12.0 Å². The Bertz CT molecular complexity index is 312. The Kier molecular flexibility index (Phi) is 5.93. The van der Waals surface area contributed by atoms with Gasteiger partial charge in [-0.15, -0.1) is 0 Å². The lowest BCUT2D eigenvalue weighted by Gasteiger charge is -2.36. The number of rotatable bonds is 4. The van der Waals surface area contributed by atoms with Crippen LogP contribution in [0.25, 0.3) is 0 Å². The van der Waals surface area contributed by atoms with Crippen molar-refractivity contribution in [1.29, 1.82) is 5.26 Å². The fourth-order valence-electron chi connectivity index (χ4n) is 2.37. The van der Waals surface area contributed by atoms with E-state index in [-0.39, 0.29) is 18.6 Å². The minimum atomic E-state index is -0.338. The lowest BCUT2D eigenvalue weighted by molar-refractivity contribution is 0.0520. The summed E-state index contributed by atoms with van der Waals surface area (Å²) in [5, 5.41) is 9.18. The van der Waals surface area contributed by atoms with E-state index in [1.165, 1.54) is 0 Å². The van der Waals surface area contributed by atoms with Crippen LogP contribution in [-0.2, 0) is 9.47 Å². The minimum Gasteiger partial charge on any atom is -0.447 e. The molecule has 0 bridgehead atoms. The standard InChI is InChI=1S/C13H22N2O3/c1-10(2)12-4-5-15(9-11(12)8-14)13(16)18-7-6-17-3/h10-12H,4-7,9H2,1-3H3. The molecule has 0 aromatic heterocycles. The molecule has 1 saturated heterocycles. The van der Waals surface area contributed by atoms with E-state index in [0.717, 1.165) is 6.42 Å². The highest BCUT2D eigenvalue weighted by Gasteiger charge is 2.33. The van der Waals surface area contributed by atoms with E-state index < -0.39 is 0 Å². The van der Waals surface area contributed by atoms with Gasteiger partial charge in [0.2, 0.25) is 0 Å². The van der Waals surface area contributed by atoms with E-state index in [9.17, 15) is 10.1 Å². The van der Waals surface area contributed by atoms with Gasteiger partial charge in [-0.05, 0) is 18.3 Å². The summed E-state index contributed by atoms with van der Waals surface area (Å²) in [6.07, 6.45) is 0.532. The molecule has 102 valence electrons. The van der Waals surface area contributed by atoms with E-state index >= 15 is 0 Å². The predicted octanol–water partition coefficient (Wildman–Crippen LogP) is 1.89. The number of nitrogens with zero attached hydrogens (tertiary/aromatic N) is 2. The molecule has 2 unspecified atom stereocenters. The van der Waals surface area contributed by atoms with Crippen molar-refractivity contribution in [2.75, 3.05) is 33.4 Å². The van der Waals surface area contributed by atoms with Gasteiger partial charge in [0.05, 0.1) is 18.6 Å². The van der Waals surface area contributed by atoms with Crippen LogP contribution in [0.2, 0.25) is 0 Å². The van der Waals surface area contributed by atoms with Crippen LogP contribution in [0.5, 0.6) is 0 Å². The molecule has 0 spiro atoms. The Morgan fingerprint density at radius 3 is 2.78 bits per heavy atom. The summed E-state index contributed by atoms with van der Waals surface area (Å²) >= 11 is 0. The zero-order valence-corrected chi connectivity index (χ0v) is 11.4. The molecule has 5 heteroatoms. The summed E-state index contributed by atoms with van der Waals surface area (Å²) < 4.78 is 9.89. The smallest absolute Gasteiger partial charge is 0.409 e. The van der Waals surface area contributed by atoms with Crippen molar-refractivity contribution in [1.82, 2.24) is 4.90 Å². The van der Waals surface area contributed by atoms with Gasteiger partial charge in [-0.3, -0.25) is 0 Å². The first-order valence-electron chi connectivity index (χ1n) is 6.40.